The first-order valence-corrected chi connectivity index (χ1v) is 5.07. The third kappa shape index (κ3) is 1.69. The summed E-state index contributed by atoms with van der Waals surface area (Å²) in [6.45, 7) is 6.63. The van der Waals surface area contributed by atoms with Gasteiger partial charge < -0.3 is 0 Å². The van der Waals surface area contributed by atoms with Gasteiger partial charge >= 0.3 is 0 Å². The van der Waals surface area contributed by atoms with Crippen molar-refractivity contribution in [3.05, 3.63) is 14.1 Å². The molecule has 0 saturated heterocycles. The Morgan fingerprint density at radius 1 is 1.50 bits per heavy atom. The van der Waals surface area contributed by atoms with E-state index in [0.717, 1.165) is 3.70 Å². The summed E-state index contributed by atoms with van der Waals surface area (Å²) in [5.74, 6) is 0. The topological polar surface area (TPSA) is 12.9 Å². The van der Waals surface area contributed by atoms with E-state index in [1.807, 2.05) is 5.51 Å². The molecule has 0 amide bonds. The lowest BCUT2D eigenvalue weighted by atomic mass is 9.96. The monoisotopic (exact) mass is 267 g/mol. The summed E-state index contributed by atoms with van der Waals surface area (Å²) in [7, 11) is 0. The fourth-order valence-corrected chi connectivity index (χ4v) is 3.00. The van der Waals surface area contributed by atoms with Crippen molar-refractivity contribution in [3.63, 3.8) is 0 Å². The summed E-state index contributed by atoms with van der Waals surface area (Å²) in [5.41, 5.74) is 2.17. The minimum Gasteiger partial charge on any atom is -0.238 e. The molecule has 0 atom stereocenters. The summed E-state index contributed by atoms with van der Waals surface area (Å²) in [4.78, 5) is 5.57. The smallest absolute Gasteiger partial charge is 0.115 e. The van der Waals surface area contributed by atoms with E-state index >= 15 is 0 Å². The summed E-state index contributed by atoms with van der Waals surface area (Å²) >= 11 is 4.02. The van der Waals surface area contributed by atoms with Crippen LogP contribution in [-0.4, -0.2) is 4.98 Å². The molecule has 1 aromatic rings. The summed E-state index contributed by atoms with van der Waals surface area (Å²) < 4.78 is 1.15. The molecule has 0 aliphatic heterocycles. The zero-order valence-electron chi connectivity index (χ0n) is 6.31. The molecule has 1 nitrogen and oxygen atoms in total. The molecule has 3 heteroatoms. The van der Waals surface area contributed by atoms with E-state index in [1.165, 1.54) is 4.88 Å². The van der Waals surface area contributed by atoms with Crippen molar-refractivity contribution in [2.75, 3.05) is 0 Å². The number of hydrogen-bond acceptors (Lipinski definition) is 2. The first-order chi connectivity index (χ1) is 4.52. The zero-order valence-corrected chi connectivity index (χ0v) is 9.28. The molecule has 0 aromatic carbocycles. The number of nitrogens with zero attached hydrogens (tertiary/aromatic N) is 1. The van der Waals surface area contributed by atoms with Gasteiger partial charge in [0, 0.05) is 4.88 Å². The van der Waals surface area contributed by atoms with Gasteiger partial charge in [-0.05, 0) is 28.0 Å². The number of halogens is 1. The molecular formula is C7H10INS. The van der Waals surface area contributed by atoms with Crippen LogP contribution >= 0.6 is 33.9 Å². The third-order valence-corrected chi connectivity index (χ3v) is 3.64. The maximum absolute atomic E-state index is 4.19. The molecule has 0 spiro atoms. The molecule has 1 rings (SSSR count). The van der Waals surface area contributed by atoms with Gasteiger partial charge in [0.15, 0.2) is 0 Å². The normalized spacial score (nSPS) is 12.0. The maximum Gasteiger partial charge on any atom is 0.115 e. The summed E-state index contributed by atoms with van der Waals surface area (Å²) in [5, 5.41) is 0. The molecule has 0 unspecified atom stereocenters. The average Bonchev–Trinajstić information content (AvgIpc) is 2.11. The van der Waals surface area contributed by atoms with Gasteiger partial charge in [-0.2, -0.15) is 0 Å². The lowest BCUT2D eigenvalue weighted by molar-refractivity contribution is 0.599. The number of rotatable bonds is 0. The summed E-state index contributed by atoms with van der Waals surface area (Å²) in [6.07, 6.45) is 0. The average molecular weight is 267 g/mol. The molecular weight excluding hydrogens is 257 g/mol. The van der Waals surface area contributed by atoms with Crippen molar-refractivity contribution in [1.29, 1.82) is 0 Å². The molecule has 0 saturated carbocycles. The Labute approximate surface area is 79.0 Å². The fraction of sp³-hybridized carbons (Fsp3) is 0.571. The number of aromatic nitrogens is 1. The Hall–Kier alpha value is 0.360. The zero-order chi connectivity index (χ0) is 7.78. The second-order valence-corrected chi connectivity index (χ2v) is 5.10. The van der Waals surface area contributed by atoms with Gasteiger partial charge in [-0.3, -0.25) is 0 Å². The standard InChI is InChI=1S/C7H10INS/c1-7(2,3)5-6(8)9-4-10-5/h4H,1-3H3. The van der Waals surface area contributed by atoms with Crippen molar-refractivity contribution in [3.8, 4) is 0 Å². The third-order valence-electron chi connectivity index (χ3n) is 1.21. The van der Waals surface area contributed by atoms with E-state index in [1.54, 1.807) is 11.3 Å². The molecule has 0 N–H and O–H groups in total. The first kappa shape index (κ1) is 8.46. The highest BCUT2D eigenvalue weighted by atomic mass is 127. The van der Waals surface area contributed by atoms with Crippen molar-refractivity contribution in [2.24, 2.45) is 0 Å². The van der Waals surface area contributed by atoms with Gasteiger partial charge in [-0.1, -0.05) is 20.8 Å². The van der Waals surface area contributed by atoms with Crippen LogP contribution in [0.15, 0.2) is 5.51 Å². The predicted octanol–water partition coefficient (Wildman–Crippen LogP) is 3.05. The van der Waals surface area contributed by atoms with Crippen LogP contribution in [-0.2, 0) is 5.41 Å². The van der Waals surface area contributed by atoms with Gasteiger partial charge in [-0.15, -0.1) is 11.3 Å². The Balaban J connectivity index is 3.05. The largest absolute Gasteiger partial charge is 0.238 e. The first-order valence-electron chi connectivity index (χ1n) is 3.11. The van der Waals surface area contributed by atoms with Gasteiger partial charge in [0.2, 0.25) is 0 Å². The molecule has 0 aliphatic carbocycles. The van der Waals surface area contributed by atoms with Gasteiger partial charge in [0.1, 0.15) is 3.70 Å². The Morgan fingerprint density at radius 2 is 2.10 bits per heavy atom. The molecule has 10 heavy (non-hydrogen) atoms. The van der Waals surface area contributed by atoms with Crippen LogP contribution in [0, 0.1) is 3.70 Å². The van der Waals surface area contributed by atoms with Gasteiger partial charge in [-0.25, -0.2) is 4.98 Å². The second kappa shape index (κ2) is 2.77. The van der Waals surface area contributed by atoms with Crippen LogP contribution in [0.4, 0.5) is 0 Å². The van der Waals surface area contributed by atoms with E-state index in [4.69, 9.17) is 0 Å². The van der Waals surface area contributed by atoms with Gasteiger partial charge in [0.25, 0.3) is 0 Å². The van der Waals surface area contributed by atoms with Crippen LogP contribution < -0.4 is 0 Å². The lowest BCUT2D eigenvalue weighted by Gasteiger charge is -2.15. The second-order valence-electron chi connectivity index (χ2n) is 3.22. The van der Waals surface area contributed by atoms with E-state index in [0.29, 0.717) is 0 Å². The molecule has 0 bridgehead atoms. The van der Waals surface area contributed by atoms with Crippen molar-refractivity contribution in [1.82, 2.24) is 4.98 Å². The van der Waals surface area contributed by atoms with Crippen molar-refractivity contribution < 1.29 is 0 Å². The van der Waals surface area contributed by atoms with Crippen LogP contribution in [0.25, 0.3) is 0 Å². The minimum absolute atomic E-state index is 0.262. The minimum atomic E-state index is 0.262. The van der Waals surface area contributed by atoms with Crippen molar-refractivity contribution in [2.45, 2.75) is 26.2 Å². The highest BCUT2D eigenvalue weighted by Gasteiger charge is 2.18. The number of thiazole rings is 1. The molecule has 56 valence electrons. The van der Waals surface area contributed by atoms with E-state index in [-0.39, 0.29) is 5.41 Å². The Kier molecular flexibility index (Phi) is 2.34. The Bertz CT molecular complexity index is 224. The Morgan fingerprint density at radius 3 is 2.30 bits per heavy atom. The van der Waals surface area contributed by atoms with Gasteiger partial charge in [0.05, 0.1) is 5.51 Å². The fourth-order valence-electron chi connectivity index (χ4n) is 0.719. The van der Waals surface area contributed by atoms with Crippen LogP contribution in [0.5, 0.6) is 0 Å². The van der Waals surface area contributed by atoms with E-state index in [2.05, 4.69) is 48.3 Å². The quantitative estimate of drug-likeness (QED) is 0.658. The van der Waals surface area contributed by atoms with Crippen LogP contribution in [0.3, 0.4) is 0 Å². The molecule has 0 radical (unpaired) electrons. The molecule has 0 fully saturated rings. The maximum atomic E-state index is 4.19. The van der Waals surface area contributed by atoms with Crippen LogP contribution in [0.2, 0.25) is 0 Å². The van der Waals surface area contributed by atoms with Crippen molar-refractivity contribution >= 4 is 33.9 Å². The molecule has 1 heterocycles. The predicted molar refractivity (Wildman–Crippen MR) is 53.5 cm³/mol. The van der Waals surface area contributed by atoms with E-state index in [9.17, 15) is 0 Å². The van der Waals surface area contributed by atoms with E-state index < -0.39 is 0 Å². The molecule has 1 aromatic heterocycles. The molecule has 0 aliphatic rings. The lowest BCUT2D eigenvalue weighted by Crippen LogP contribution is -2.10. The highest BCUT2D eigenvalue weighted by molar-refractivity contribution is 14.1. The van der Waals surface area contributed by atoms with Crippen LogP contribution in [0.1, 0.15) is 25.6 Å². The highest BCUT2D eigenvalue weighted by Crippen LogP contribution is 2.29. The summed E-state index contributed by atoms with van der Waals surface area (Å²) in [6, 6.07) is 0. The number of hydrogen-bond donors (Lipinski definition) is 0. The SMILES string of the molecule is CC(C)(C)c1scnc1I.